The monoisotopic (exact) mass is 254 g/mol. The van der Waals surface area contributed by atoms with E-state index >= 15 is 0 Å². The molecule has 0 amide bonds. The van der Waals surface area contributed by atoms with Crippen molar-refractivity contribution >= 4 is 0 Å². The number of hydrogen-bond acceptors (Lipinski definition) is 4. The van der Waals surface area contributed by atoms with E-state index in [1.165, 1.54) is 0 Å². The molecule has 0 spiro atoms. The highest BCUT2D eigenvalue weighted by Gasteiger charge is 2.01. The van der Waals surface area contributed by atoms with Crippen LogP contribution < -0.4 is 9.47 Å². The molecule has 0 bridgehead atoms. The van der Waals surface area contributed by atoms with Crippen LogP contribution in [-0.4, -0.2) is 16.6 Å². The fraction of sp³-hybridized carbons (Fsp3) is 0.200. The number of aromatic nitrogens is 2. The summed E-state index contributed by atoms with van der Waals surface area (Å²) in [6.07, 6.45) is 7.26. The molecule has 0 aliphatic heterocycles. The Morgan fingerprint density at radius 2 is 1.95 bits per heavy atom. The molecule has 2 aromatic rings. The van der Waals surface area contributed by atoms with Gasteiger partial charge in [-0.25, -0.2) is 4.98 Å². The van der Waals surface area contributed by atoms with E-state index in [2.05, 4.69) is 15.9 Å². The van der Waals surface area contributed by atoms with Crippen molar-refractivity contribution in [1.29, 1.82) is 0 Å². The quantitative estimate of drug-likeness (QED) is 0.586. The van der Waals surface area contributed by atoms with Crippen molar-refractivity contribution in [2.45, 2.75) is 13.0 Å². The third kappa shape index (κ3) is 4.32. The van der Waals surface area contributed by atoms with Gasteiger partial charge >= 0.3 is 6.01 Å². The molecule has 0 N–H and O–H groups in total. The molecule has 4 nitrogen and oxygen atoms in total. The summed E-state index contributed by atoms with van der Waals surface area (Å²) < 4.78 is 10.9. The highest BCUT2D eigenvalue weighted by Crippen LogP contribution is 2.12. The van der Waals surface area contributed by atoms with Crippen molar-refractivity contribution in [3.05, 3.63) is 48.2 Å². The van der Waals surface area contributed by atoms with E-state index in [4.69, 9.17) is 15.9 Å². The zero-order valence-electron chi connectivity index (χ0n) is 10.5. The van der Waals surface area contributed by atoms with Gasteiger partial charge in [0.25, 0.3) is 0 Å². The molecule has 0 saturated carbocycles. The Morgan fingerprint density at radius 3 is 2.74 bits per heavy atom. The molecule has 0 radical (unpaired) electrons. The van der Waals surface area contributed by atoms with Crippen LogP contribution in [0.1, 0.15) is 12.0 Å². The lowest BCUT2D eigenvalue weighted by Crippen LogP contribution is -2.02. The first-order valence-corrected chi connectivity index (χ1v) is 5.94. The number of hydrogen-bond donors (Lipinski definition) is 0. The molecule has 0 saturated heterocycles. The first-order chi connectivity index (χ1) is 9.38. The van der Waals surface area contributed by atoms with Gasteiger partial charge in [-0.1, -0.05) is 30.3 Å². The van der Waals surface area contributed by atoms with Gasteiger partial charge in [-0.05, 0) is 5.56 Å². The standard InChI is InChI=1S/C15H14N2O2/c1-2-3-11-18-15-16-10-9-14(17-15)19-12-13-7-5-4-6-8-13/h1,4-10H,3,11-12H2. The zero-order valence-corrected chi connectivity index (χ0v) is 10.5. The molecule has 0 fully saturated rings. The van der Waals surface area contributed by atoms with Gasteiger partial charge in [0.2, 0.25) is 5.88 Å². The molecule has 0 aliphatic carbocycles. The van der Waals surface area contributed by atoms with Crippen LogP contribution in [0.2, 0.25) is 0 Å². The van der Waals surface area contributed by atoms with Crippen molar-refractivity contribution in [2.75, 3.05) is 6.61 Å². The van der Waals surface area contributed by atoms with Gasteiger partial charge in [-0.2, -0.15) is 4.98 Å². The molecule has 96 valence electrons. The summed E-state index contributed by atoms with van der Waals surface area (Å²) in [5.74, 6) is 2.97. The average Bonchev–Trinajstić information content (AvgIpc) is 2.47. The van der Waals surface area contributed by atoms with Crippen LogP contribution in [0.3, 0.4) is 0 Å². The predicted octanol–water partition coefficient (Wildman–Crippen LogP) is 2.46. The van der Waals surface area contributed by atoms with Crippen LogP contribution in [0.5, 0.6) is 11.9 Å². The van der Waals surface area contributed by atoms with Gasteiger partial charge < -0.3 is 9.47 Å². The Labute approximate surface area is 112 Å². The summed E-state index contributed by atoms with van der Waals surface area (Å²) in [5.41, 5.74) is 1.08. The van der Waals surface area contributed by atoms with Gasteiger partial charge in [0.1, 0.15) is 13.2 Å². The second-order valence-corrected chi connectivity index (χ2v) is 3.75. The van der Waals surface area contributed by atoms with Crippen molar-refractivity contribution in [2.24, 2.45) is 0 Å². The number of nitrogens with zero attached hydrogens (tertiary/aromatic N) is 2. The van der Waals surface area contributed by atoms with Gasteiger partial charge in [-0.3, -0.25) is 0 Å². The van der Waals surface area contributed by atoms with Crippen molar-refractivity contribution in [3.8, 4) is 24.2 Å². The number of benzene rings is 1. The molecule has 0 aliphatic rings. The Morgan fingerprint density at radius 1 is 1.11 bits per heavy atom. The molecule has 1 aromatic heterocycles. The molecule has 19 heavy (non-hydrogen) atoms. The summed E-state index contributed by atoms with van der Waals surface area (Å²) in [4.78, 5) is 8.12. The maximum absolute atomic E-state index is 5.57. The fourth-order valence-electron chi connectivity index (χ4n) is 1.41. The normalized spacial score (nSPS) is 9.63. The highest BCUT2D eigenvalue weighted by molar-refractivity contribution is 5.16. The second kappa shape index (κ2) is 7.02. The summed E-state index contributed by atoms with van der Waals surface area (Å²) in [6.45, 7) is 0.861. The SMILES string of the molecule is C#CCCOc1nccc(OCc2ccccc2)n1. The largest absolute Gasteiger partial charge is 0.473 e. The molecule has 1 heterocycles. The molecule has 4 heteroatoms. The molecule has 2 rings (SSSR count). The first kappa shape index (κ1) is 12.9. The van der Waals surface area contributed by atoms with E-state index in [-0.39, 0.29) is 6.01 Å². The van der Waals surface area contributed by atoms with E-state index in [0.717, 1.165) is 5.56 Å². The second-order valence-electron chi connectivity index (χ2n) is 3.75. The molecule has 0 atom stereocenters. The summed E-state index contributed by atoms with van der Waals surface area (Å²) >= 11 is 0. The minimum Gasteiger partial charge on any atom is -0.473 e. The van der Waals surface area contributed by atoms with Crippen molar-refractivity contribution in [1.82, 2.24) is 9.97 Å². The lowest BCUT2D eigenvalue weighted by atomic mass is 10.2. The van der Waals surface area contributed by atoms with E-state index in [9.17, 15) is 0 Å². The van der Waals surface area contributed by atoms with Crippen LogP contribution in [0, 0.1) is 12.3 Å². The van der Waals surface area contributed by atoms with Gasteiger partial charge in [0.05, 0.1) is 0 Å². The molecule has 0 unspecified atom stereocenters. The third-order valence-corrected chi connectivity index (χ3v) is 2.32. The van der Waals surface area contributed by atoms with Crippen LogP contribution in [0.25, 0.3) is 0 Å². The maximum Gasteiger partial charge on any atom is 0.319 e. The van der Waals surface area contributed by atoms with E-state index < -0.39 is 0 Å². The van der Waals surface area contributed by atoms with Gasteiger partial charge in [-0.15, -0.1) is 12.3 Å². The molecule has 1 aromatic carbocycles. The van der Waals surface area contributed by atoms with Crippen LogP contribution in [0.4, 0.5) is 0 Å². The van der Waals surface area contributed by atoms with Crippen LogP contribution in [0.15, 0.2) is 42.6 Å². The molecular formula is C15H14N2O2. The Bertz CT molecular complexity index is 550. The minimum atomic E-state index is 0.279. The van der Waals surface area contributed by atoms with Gasteiger partial charge in [0, 0.05) is 18.7 Å². The minimum absolute atomic E-state index is 0.279. The lowest BCUT2D eigenvalue weighted by Gasteiger charge is -2.06. The maximum atomic E-state index is 5.57. The zero-order chi connectivity index (χ0) is 13.3. The van der Waals surface area contributed by atoms with Gasteiger partial charge in [0.15, 0.2) is 0 Å². The highest BCUT2D eigenvalue weighted by atomic mass is 16.5. The Hall–Kier alpha value is -2.54. The number of terminal acetylenes is 1. The van der Waals surface area contributed by atoms with E-state index in [1.54, 1.807) is 12.3 Å². The smallest absolute Gasteiger partial charge is 0.319 e. The van der Waals surface area contributed by atoms with E-state index in [0.29, 0.717) is 25.5 Å². The topological polar surface area (TPSA) is 44.2 Å². The van der Waals surface area contributed by atoms with Crippen molar-refractivity contribution in [3.63, 3.8) is 0 Å². The van der Waals surface area contributed by atoms with Crippen LogP contribution >= 0.6 is 0 Å². The summed E-state index contributed by atoms with van der Waals surface area (Å²) in [6, 6.07) is 11.8. The predicted molar refractivity (Wildman–Crippen MR) is 71.8 cm³/mol. The number of rotatable bonds is 6. The average molecular weight is 254 g/mol. The Balaban J connectivity index is 1.90. The fourth-order valence-corrected chi connectivity index (χ4v) is 1.41. The Kier molecular flexibility index (Phi) is 4.77. The van der Waals surface area contributed by atoms with E-state index in [1.807, 2.05) is 30.3 Å². The lowest BCUT2D eigenvalue weighted by molar-refractivity contribution is 0.268. The third-order valence-electron chi connectivity index (χ3n) is 2.32. The number of ether oxygens (including phenoxy) is 2. The van der Waals surface area contributed by atoms with Crippen molar-refractivity contribution < 1.29 is 9.47 Å². The van der Waals surface area contributed by atoms with Crippen LogP contribution in [-0.2, 0) is 6.61 Å². The first-order valence-electron chi connectivity index (χ1n) is 5.94. The molecular weight excluding hydrogens is 240 g/mol. The summed E-state index contributed by atoms with van der Waals surface area (Å²) in [7, 11) is 0. The summed E-state index contributed by atoms with van der Waals surface area (Å²) in [5, 5.41) is 0.